The van der Waals surface area contributed by atoms with E-state index in [4.69, 9.17) is 0 Å². The van der Waals surface area contributed by atoms with Gasteiger partial charge in [-0.1, -0.05) is 6.07 Å². The largest absolute Gasteiger partial charge is 0.377 e. The Morgan fingerprint density at radius 1 is 1.36 bits per heavy atom. The molecule has 14 heavy (non-hydrogen) atoms. The van der Waals surface area contributed by atoms with E-state index in [2.05, 4.69) is 47.4 Å². The number of hydrogen-bond acceptors (Lipinski definition) is 3. The summed E-state index contributed by atoms with van der Waals surface area (Å²) >= 11 is 3.55. The van der Waals surface area contributed by atoms with Crippen molar-refractivity contribution in [1.82, 2.24) is 0 Å². The minimum absolute atomic E-state index is 0.406. The van der Waals surface area contributed by atoms with Crippen LogP contribution in [-0.4, -0.2) is 0 Å². The third kappa shape index (κ3) is 1.99. The number of rotatable bonds is 3. The smallest absolute Gasteiger partial charge is 0.0578 e. The second-order valence-corrected chi connectivity index (χ2v) is 5.07. The molecule has 2 rings (SSSR count). The SMILES string of the molecule is Cc1cscc1NC(C)c1cccs1. The van der Waals surface area contributed by atoms with Crippen LogP contribution in [0.15, 0.2) is 28.3 Å². The summed E-state index contributed by atoms with van der Waals surface area (Å²) in [5, 5.41) is 9.97. The molecule has 0 saturated carbocycles. The summed E-state index contributed by atoms with van der Waals surface area (Å²) in [5.74, 6) is 0. The highest BCUT2D eigenvalue weighted by atomic mass is 32.1. The summed E-state index contributed by atoms with van der Waals surface area (Å²) in [4.78, 5) is 1.38. The molecule has 0 spiro atoms. The van der Waals surface area contributed by atoms with E-state index in [-0.39, 0.29) is 0 Å². The second-order valence-electron chi connectivity index (χ2n) is 3.35. The fourth-order valence-electron chi connectivity index (χ4n) is 1.35. The predicted octanol–water partition coefficient (Wildman–Crippen LogP) is 4.29. The molecule has 0 aliphatic heterocycles. The van der Waals surface area contributed by atoms with E-state index in [9.17, 15) is 0 Å². The molecule has 0 amide bonds. The molecule has 0 fully saturated rings. The number of aryl methyl sites for hydroxylation is 1. The topological polar surface area (TPSA) is 12.0 Å². The lowest BCUT2D eigenvalue weighted by Crippen LogP contribution is -2.04. The van der Waals surface area contributed by atoms with Crippen LogP contribution in [0, 0.1) is 6.92 Å². The van der Waals surface area contributed by atoms with Gasteiger partial charge in [0.1, 0.15) is 0 Å². The Balaban J connectivity index is 2.09. The fourth-order valence-corrected chi connectivity index (χ4v) is 2.87. The zero-order valence-corrected chi connectivity index (χ0v) is 9.91. The third-order valence-corrected chi connectivity index (χ3v) is 4.11. The maximum atomic E-state index is 3.51. The van der Waals surface area contributed by atoms with Crippen LogP contribution in [-0.2, 0) is 0 Å². The molecule has 0 aromatic carbocycles. The van der Waals surface area contributed by atoms with E-state index in [1.54, 1.807) is 22.7 Å². The van der Waals surface area contributed by atoms with Crippen LogP contribution in [0.4, 0.5) is 5.69 Å². The average molecular weight is 223 g/mol. The van der Waals surface area contributed by atoms with E-state index < -0.39 is 0 Å². The van der Waals surface area contributed by atoms with E-state index in [1.165, 1.54) is 16.1 Å². The van der Waals surface area contributed by atoms with Crippen LogP contribution in [0.3, 0.4) is 0 Å². The lowest BCUT2D eigenvalue weighted by molar-refractivity contribution is 0.907. The quantitative estimate of drug-likeness (QED) is 0.818. The Kier molecular flexibility index (Phi) is 2.89. The number of nitrogens with one attached hydrogen (secondary N) is 1. The third-order valence-electron chi connectivity index (χ3n) is 2.20. The Morgan fingerprint density at radius 2 is 2.21 bits per heavy atom. The molecule has 0 radical (unpaired) electrons. The van der Waals surface area contributed by atoms with Gasteiger partial charge < -0.3 is 5.32 Å². The van der Waals surface area contributed by atoms with Gasteiger partial charge in [-0.15, -0.1) is 22.7 Å². The molecule has 0 aliphatic carbocycles. The molecule has 1 nitrogen and oxygen atoms in total. The van der Waals surface area contributed by atoms with Crippen molar-refractivity contribution >= 4 is 28.4 Å². The van der Waals surface area contributed by atoms with Crippen molar-refractivity contribution in [2.75, 3.05) is 5.32 Å². The number of thiophene rings is 2. The average Bonchev–Trinajstić information content (AvgIpc) is 2.77. The summed E-state index contributed by atoms with van der Waals surface area (Å²) in [6.45, 7) is 4.34. The molecular formula is C11H13NS2. The van der Waals surface area contributed by atoms with E-state index in [0.29, 0.717) is 6.04 Å². The van der Waals surface area contributed by atoms with Gasteiger partial charge in [-0.05, 0) is 36.2 Å². The molecule has 0 bridgehead atoms. The molecule has 2 aromatic rings. The molecule has 1 atom stereocenters. The van der Waals surface area contributed by atoms with Crippen LogP contribution in [0.2, 0.25) is 0 Å². The predicted molar refractivity (Wildman–Crippen MR) is 65.4 cm³/mol. The number of anilines is 1. The molecule has 74 valence electrons. The maximum absolute atomic E-state index is 3.51. The van der Waals surface area contributed by atoms with Crippen LogP contribution in [0.1, 0.15) is 23.4 Å². The van der Waals surface area contributed by atoms with Gasteiger partial charge in [0.25, 0.3) is 0 Å². The molecular weight excluding hydrogens is 210 g/mol. The monoisotopic (exact) mass is 223 g/mol. The summed E-state index contributed by atoms with van der Waals surface area (Å²) in [6, 6.07) is 4.67. The maximum Gasteiger partial charge on any atom is 0.0578 e. The molecule has 0 saturated heterocycles. The van der Waals surface area contributed by atoms with Crippen molar-refractivity contribution < 1.29 is 0 Å². The summed E-state index contributed by atoms with van der Waals surface area (Å²) in [7, 11) is 0. The molecule has 2 heterocycles. The normalized spacial score (nSPS) is 12.7. The molecule has 1 unspecified atom stereocenters. The first-order valence-electron chi connectivity index (χ1n) is 4.60. The first-order valence-corrected chi connectivity index (χ1v) is 6.42. The Labute approximate surface area is 92.4 Å². The number of hydrogen-bond donors (Lipinski definition) is 1. The van der Waals surface area contributed by atoms with Gasteiger partial charge >= 0.3 is 0 Å². The zero-order chi connectivity index (χ0) is 9.97. The molecule has 2 aromatic heterocycles. The fraction of sp³-hybridized carbons (Fsp3) is 0.273. The van der Waals surface area contributed by atoms with Crippen LogP contribution in [0.5, 0.6) is 0 Å². The van der Waals surface area contributed by atoms with Crippen molar-refractivity contribution in [2.24, 2.45) is 0 Å². The first-order chi connectivity index (χ1) is 6.77. The van der Waals surface area contributed by atoms with E-state index >= 15 is 0 Å². The van der Waals surface area contributed by atoms with Crippen molar-refractivity contribution in [3.63, 3.8) is 0 Å². The Morgan fingerprint density at radius 3 is 2.79 bits per heavy atom. The van der Waals surface area contributed by atoms with Crippen LogP contribution < -0.4 is 5.32 Å². The van der Waals surface area contributed by atoms with Gasteiger partial charge in [-0.25, -0.2) is 0 Å². The molecule has 0 aliphatic rings. The lowest BCUT2D eigenvalue weighted by atomic mass is 10.2. The minimum atomic E-state index is 0.406. The van der Waals surface area contributed by atoms with Gasteiger partial charge in [-0.2, -0.15) is 0 Å². The van der Waals surface area contributed by atoms with Gasteiger partial charge in [0.15, 0.2) is 0 Å². The highest BCUT2D eigenvalue weighted by Gasteiger charge is 2.07. The highest BCUT2D eigenvalue weighted by molar-refractivity contribution is 7.10. The minimum Gasteiger partial charge on any atom is -0.377 e. The van der Waals surface area contributed by atoms with Gasteiger partial charge in [0, 0.05) is 15.9 Å². The molecule has 3 heteroatoms. The highest BCUT2D eigenvalue weighted by Crippen LogP contribution is 2.26. The van der Waals surface area contributed by atoms with Crippen molar-refractivity contribution in [3.05, 3.63) is 38.7 Å². The van der Waals surface area contributed by atoms with E-state index in [0.717, 1.165) is 0 Å². The standard InChI is InChI=1S/C11H13NS2/c1-8-6-13-7-10(8)12-9(2)11-4-3-5-14-11/h3-7,9,12H,1-2H3. The van der Waals surface area contributed by atoms with Gasteiger partial charge in [0.2, 0.25) is 0 Å². The van der Waals surface area contributed by atoms with E-state index in [1.807, 2.05) is 0 Å². The molecule has 1 N–H and O–H groups in total. The van der Waals surface area contributed by atoms with Crippen LogP contribution >= 0.6 is 22.7 Å². The van der Waals surface area contributed by atoms with Gasteiger partial charge in [-0.3, -0.25) is 0 Å². The second kappa shape index (κ2) is 4.15. The Bertz CT molecular complexity index is 389. The summed E-state index contributed by atoms with van der Waals surface area (Å²) in [6.07, 6.45) is 0. The summed E-state index contributed by atoms with van der Waals surface area (Å²) in [5.41, 5.74) is 2.59. The van der Waals surface area contributed by atoms with Crippen molar-refractivity contribution in [1.29, 1.82) is 0 Å². The van der Waals surface area contributed by atoms with Gasteiger partial charge in [0.05, 0.1) is 6.04 Å². The summed E-state index contributed by atoms with van der Waals surface area (Å²) < 4.78 is 0. The zero-order valence-electron chi connectivity index (χ0n) is 8.28. The Hall–Kier alpha value is -0.800. The van der Waals surface area contributed by atoms with Crippen molar-refractivity contribution in [3.8, 4) is 0 Å². The lowest BCUT2D eigenvalue weighted by Gasteiger charge is -2.12. The van der Waals surface area contributed by atoms with Crippen LogP contribution in [0.25, 0.3) is 0 Å². The van der Waals surface area contributed by atoms with Crippen molar-refractivity contribution in [2.45, 2.75) is 19.9 Å². The first kappa shape index (κ1) is 9.74.